The average molecular weight is 301 g/mol. The zero-order valence-corrected chi connectivity index (χ0v) is 12.9. The zero-order valence-electron chi connectivity index (χ0n) is 12.1. The molecule has 1 amide bonds. The topological polar surface area (TPSA) is 49.3 Å². The summed E-state index contributed by atoms with van der Waals surface area (Å²) >= 11 is 1.61. The van der Waals surface area contributed by atoms with Gasteiger partial charge in [-0.15, -0.1) is 11.3 Å². The van der Waals surface area contributed by atoms with E-state index in [1.165, 1.54) is 16.9 Å². The minimum absolute atomic E-state index is 0.0190. The number of nitrogens with one attached hydrogen (secondary N) is 1. The second-order valence-electron chi connectivity index (χ2n) is 5.72. The number of rotatable bonds is 3. The minimum atomic E-state index is -0.0582. The molecule has 21 heavy (non-hydrogen) atoms. The van der Waals surface area contributed by atoms with Crippen molar-refractivity contribution in [2.45, 2.75) is 32.8 Å². The van der Waals surface area contributed by atoms with E-state index in [0.29, 0.717) is 5.92 Å². The summed E-state index contributed by atoms with van der Waals surface area (Å²) in [6.07, 6.45) is 3.39. The highest BCUT2D eigenvalue weighted by Gasteiger charge is 2.20. The third-order valence-electron chi connectivity index (χ3n) is 3.92. The Balaban J connectivity index is 1.76. The first kappa shape index (κ1) is 14.3. The van der Waals surface area contributed by atoms with Crippen molar-refractivity contribution >= 4 is 22.9 Å². The molecule has 0 aliphatic heterocycles. The van der Waals surface area contributed by atoms with Gasteiger partial charge in [-0.2, -0.15) is 0 Å². The summed E-state index contributed by atoms with van der Waals surface area (Å²) in [4.78, 5) is 14.5. The van der Waals surface area contributed by atoms with Crippen molar-refractivity contribution in [3.63, 3.8) is 0 Å². The standard InChI is InChI=1S/C17H19NO2S/c1-11-5-6-15-13(7-11)9-16(21-15)17(20)18-14-4-2-3-12(8-14)10-19/h2-4,8-9,11,19H,5-7,10H2,1H3,(H,18,20)/t11-/m0/s1. The number of anilines is 1. The van der Waals surface area contributed by atoms with E-state index in [1.54, 1.807) is 17.4 Å². The van der Waals surface area contributed by atoms with E-state index in [-0.39, 0.29) is 12.5 Å². The maximum Gasteiger partial charge on any atom is 0.265 e. The number of aliphatic hydroxyl groups is 1. The molecule has 3 nitrogen and oxygen atoms in total. The highest BCUT2D eigenvalue weighted by atomic mass is 32.1. The maximum atomic E-state index is 12.3. The average Bonchev–Trinajstić information content (AvgIpc) is 2.90. The molecule has 0 unspecified atom stereocenters. The van der Waals surface area contributed by atoms with E-state index in [9.17, 15) is 4.79 Å². The normalized spacial score (nSPS) is 17.3. The largest absolute Gasteiger partial charge is 0.392 e. The van der Waals surface area contributed by atoms with Crippen molar-refractivity contribution < 1.29 is 9.90 Å². The second-order valence-corrected chi connectivity index (χ2v) is 6.86. The van der Waals surface area contributed by atoms with Crippen molar-refractivity contribution in [1.29, 1.82) is 0 Å². The highest BCUT2D eigenvalue weighted by molar-refractivity contribution is 7.14. The highest BCUT2D eigenvalue weighted by Crippen LogP contribution is 2.32. The summed E-state index contributed by atoms with van der Waals surface area (Å²) < 4.78 is 0. The van der Waals surface area contributed by atoms with E-state index in [1.807, 2.05) is 24.3 Å². The Morgan fingerprint density at radius 1 is 1.43 bits per heavy atom. The summed E-state index contributed by atoms with van der Waals surface area (Å²) in [5, 5.41) is 12.1. The Bertz CT molecular complexity index is 663. The summed E-state index contributed by atoms with van der Waals surface area (Å²) in [6, 6.07) is 9.35. The van der Waals surface area contributed by atoms with Crippen LogP contribution in [-0.2, 0) is 19.4 Å². The first-order chi connectivity index (χ1) is 10.2. The lowest BCUT2D eigenvalue weighted by Crippen LogP contribution is -2.10. The fourth-order valence-electron chi connectivity index (χ4n) is 2.76. The van der Waals surface area contributed by atoms with Crippen molar-refractivity contribution in [2.24, 2.45) is 5.92 Å². The second kappa shape index (κ2) is 6.00. The lowest BCUT2D eigenvalue weighted by molar-refractivity contribution is 0.103. The van der Waals surface area contributed by atoms with Crippen LogP contribution in [0.15, 0.2) is 30.3 Å². The molecule has 110 valence electrons. The van der Waals surface area contributed by atoms with Crippen LogP contribution in [0.25, 0.3) is 0 Å². The SMILES string of the molecule is C[C@H]1CCc2sc(C(=O)Nc3cccc(CO)c3)cc2C1. The molecular formula is C17H19NO2S. The molecule has 1 aromatic carbocycles. The first-order valence-corrected chi connectivity index (χ1v) is 8.10. The monoisotopic (exact) mass is 301 g/mol. The molecule has 0 fully saturated rings. The minimum Gasteiger partial charge on any atom is -0.392 e. The van der Waals surface area contributed by atoms with Gasteiger partial charge in [0.2, 0.25) is 0 Å². The van der Waals surface area contributed by atoms with Crippen LogP contribution in [0.1, 0.15) is 39.0 Å². The summed E-state index contributed by atoms with van der Waals surface area (Å²) in [6.45, 7) is 2.25. The third kappa shape index (κ3) is 3.17. The zero-order chi connectivity index (χ0) is 14.8. The van der Waals surface area contributed by atoms with Gasteiger partial charge in [0.25, 0.3) is 5.91 Å². The van der Waals surface area contributed by atoms with Gasteiger partial charge in [0, 0.05) is 10.6 Å². The number of thiophene rings is 1. The molecule has 2 N–H and O–H groups in total. The number of aryl methyl sites for hydroxylation is 1. The fraction of sp³-hybridized carbons (Fsp3) is 0.353. The van der Waals surface area contributed by atoms with Crippen LogP contribution >= 0.6 is 11.3 Å². The number of carbonyl (C=O) groups excluding carboxylic acids is 1. The van der Waals surface area contributed by atoms with Crippen molar-refractivity contribution in [2.75, 3.05) is 5.32 Å². The van der Waals surface area contributed by atoms with Gasteiger partial charge in [-0.1, -0.05) is 19.1 Å². The van der Waals surface area contributed by atoms with Crippen molar-refractivity contribution in [1.82, 2.24) is 0 Å². The van der Waals surface area contributed by atoms with Gasteiger partial charge in [-0.3, -0.25) is 4.79 Å². The summed E-state index contributed by atoms with van der Waals surface area (Å²) in [7, 11) is 0. The Kier molecular flexibility index (Phi) is 4.08. The van der Waals surface area contributed by atoms with Crippen LogP contribution in [-0.4, -0.2) is 11.0 Å². The molecule has 1 aliphatic carbocycles. The first-order valence-electron chi connectivity index (χ1n) is 7.28. The third-order valence-corrected chi connectivity index (χ3v) is 5.16. The van der Waals surface area contributed by atoms with E-state index < -0.39 is 0 Å². The molecule has 3 rings (SSSR count). The molecule has 1 heterocycles. The molecule has 4 heteroatoms. The molecule has 0 bridgehead atoms. The van der Waals surface area contributed by atoms with Crippen LogP contribution in [0.5, 0.6) is 0 Å². The van der Waals surface area contributed by atoms with Gasteiger partial charge < -0.3 is 10.4 Å². The molecular weight excluding hydrogens is 282 g/mol. The van der Waals surface area contributed by atoms with E-state index in [4.69, 9.17) is 5.11 Å². The molecule has 1 aliphatic rings. The summed E-state index contributed by atoms with van der Waals surface area (Å²) in [5.41, 5.74) is 2.87. The van der Waals surface area contributed by atoms with Gasteiger partial charge in [-0.25, -0.2) is 0 Å². The molecule has 1 atom stereocenters. The van der Waals surface area contributed by atoms with Gasteiger partial charge in [0.1, 0.15) is 0 Å². The molecule has 2 aromatic rings. The number of benzene rings is 1. The molecule has 0 radical (unpaired) electrons. The Morgan fingerprint density at radius 2 is 2.29 bits per heavy atom. The quantitative estimate of drug-likeness (QED) is 0.909. The Hall–Kier alpha value is -1.65. The smallest absolute Gasteiger partial charge is 0.265 e. The Labute approximate surface area is 128 Å². The maximum absolute atomic E-state index is 12.3. The van der Waals surface area contributed by atoms with E-state index >= 15 is 0 Å². The van der Waals surface area contributed by atoms with E-state index in [2.05, 4.69) is 12.2 Å². The number of fused-ring (bicyclic) bond motifs is 1. The predicted molar refractivity (Wildman–Crippen MR) is 85.8 cm³/mol. The molecule has 1 aromatic heterocycles. The number of amides is 1. The van der Waals surface area contributed by atoms with Crippen LogP contribution in [0.2, 0.25) is 0 Å². The van der Waals surface area contributed by atoms with Gasteiger partial charge in [-0.05, 0) is 54.5 Å². The van der Waals surface area contributed by atoms with Gasteiger partial charge in [0.15, 0.2) is 0 Å². The van der Waals surface area contributed by atoms with Crippen LogP contribution in [0.3, 0.4) is 0 Å². The van der Waals surface area contributed by atoms with Crippen LogP contribution in [0, 0.1) is 5.92 Å². The number of hydrogen-bond donors (Lipinski definition) is 2. The van der Waals surface area contributed by atoms with Gasteiger partial charge >= 0.3 is 0 Å². The Morgan fingerprint density at radius 3 is 3.10 bits per heavy atom. The lowest BCUT2D eigenvalue weighted by Gasteiger charge is -2.16. The van der Waals surface area contributed by atoms with Gasteiger partial charge in [0.05, 0.1) is 11.5 Å². The molecule has 0 saturated heterocycles. The van der Waals surface area contributed by atoms with Crippen LogP contribution < -0.4 is 5.32 Å². The number of hydrogen-bond acceptors (Lipinski definition) is 3. The van der Waals surface area contributed by atoms with Crippen molar-refractivity contribution in [3.05, 3.63) is 51.2 Å². The lowest BCUT2D eigenvalue weighted by atomic mass is 9.90. The molecule has 0 saturated carbocycles. The number of carbonyl (C=O) groups is 1. The summed E-state index contributed by atoms with van der Waals surface area (Å²) in [5.74, 6) is 0.654. The molecule has 0 spiro atoms. The predicted octanol–water partition coefficient (Wildman–Crippen LogP) is 3.62. The number of aliphatic hydroxyl groups excluding tert-OH is 1. The fourth-order valence-corrected chi connectivity index (χ4v) is 3.86. The van der Waals surface area contributed by atoms with Crippen LogP contribution in [0.4, 0.5) is 5.69 Å². The van der Waals surface area contributed by atoms with E-state index in [0.717, 1.165) is 29.0 Å². The van der Waals surface area contributed by atoms with Crippen molar-refractivity contribution in [3.8, 4) is 0 Å².